The molecule has 2 saturated heterocycles. The van der Waals surface area contributed by atoms with Gasteiger partial charge in [-0.2, -0.15) is 0 Å². The van der Waals surface area contributed by atoms with Crippen LogP contribution in [0.15, 0.2) is 22.7 Å². The van der Waals surface area contributed by atoms with E-state index in [-0.39, 0.29) is 30.9 Å². The molecule has 0 aliphatic carbocycles. The second-order valence-corrected chi connectivity index (χ2v) is 8.30. The first-order chi connectivity index (χ1) is 12.8. The number of piperazine rings is 1. The zero-order valence-electron chi connectivity index (χ0n) is 15.3. The summed E-state index contributed by atoms with van der Waals surface area (Å²) in [5.74, 6) is -1.51. The van der Waals surface area contributed by atoms with Crippen LogP contribution >= 0.6 is 15.9 Å². The fraction of sp³-hybridized carbons (Fsp3) is 0.526. The summed E-state index contributed by atoms with van der Waals surface area (Å²) in [6.07, 6.45) is 0. The van der Waals surface area contributed by atoms with Crippen molar-refractivity contribution in [2.45, 2.75) is 38.4 Å². The number of ether oxygens (including phenoxy) is 2. The lowest BCUT2D eigenvalue weighted by Crippen LogP contribution is -2.69. The van der Waals surface area contributed by atoms with E-state index >= 15 is 0 Å². The fourth-order valence-electron chi connectivity index (χ4n) is 4.72. The lowest BCUT2D eigenvalue weighted by molar-refractivity contribution is -0.164. The number of nitrogens with zero attached hydrogens (tertiary/aromatic N) is 1. The third-order valence-corrected chi connectivity index (χ3v) is 6.39. The number of nitrogens with one attached hydrogen (secondary N) is 1. The molecule has 1 aromatic carbocycles. The molecular formula is C19H21BrN2O5. The SMILES string of the molecule is CCOC(=O)[C@H]1[C@H]2COc3ccc(Br)cc3[C@@H]2N2C(=O)[C@H](C)NC(=O)[C@@]12C. The van der Waals surface area contributed by atoms with Gasteiger partial charge in [-0.15, -0.1) is 0 Å². The molecule has 1 N–H and O–H groups in total. The monoisotopic (exact) mass is 436 g/mol. The summed E-state index contributed by atoms with van der Waals surface area (Å²) in [6, 6.07) is 4.52. The molecule has 0 bridgehead atoms. The summed E-state index contributed by atoms with van der Waals surface area (Å²) >= 11 is 3.47. The van der Waals surface area contributed by atoms with Crippen molar-refractivity contribution in [2.24, 2.45) is 11.8 Å². The largest absolute Gasteiger partial charge is 0.493 e. The van der Waals surface area contributed by atoms with Gasteiger partial charge < -0.3 is 19.7 Å². The van der Waals surface area contributed by atoms with Crippen molar-refractivity contribution < 1.29 is 23.9 Å². The molecule has 0 radical (unpaired) electrons. The molecule has 2 fully saturated rings. The van der Waals surface area contributed by atoms with Crippen LogP contribution in [0.2, 0.25) is 0 Å². The predicted octanol–water partition coefficient (Wildman–Crippen LogP) is 1.80. The molecule has 5 atom stereocenters. The molecule has 144 valence electrons. The van der Waals surface area contributed by atoms with Gasteiger partial charge >= 0.3 is 5.97 Å². The zero-order valence-corrected chi connectivity index (χ0v) is 16.9. The summed E-state index contributed by atoms with van der Waals surface area (Å²) in [5.41, 5.74) is -0.521. The van der Waals surface area contributed by atoms with Crippen molar-refractivity contribution in [1.82, 2.24) is 10.2 Å². The first-order valence-corrected chi connectivity index (χ1v) is 9.83. The number of rotatable bonds is 2. The number of carbonyl (C=O) groups excluding carboxylic acids is 3. The van der Waals surface area contributed by atoms with Gasteiger partial charge in [0.2, 0.25) is 11.8 Å². The first-order valence-electron chi connectivity index (χ1n) is 9.03. The predicted molar refractivity (Wildman–Crippen MR) is 98.8 cm³/mol. The van der Waals surface area contributed by atoms with E-state index in [2.05, 4.69) is 21.2 Å². The van der Waals surface area contributed by atoms with Crippen molar-refractivity contribution in [3.05, 3.63) is 28.2 Å². The van der Waals surface area contributed by atoms with Crippen LogP contribution < -0.4 is 10.1 Å². The molecule has 7 nitrogen and oxygen atoms in total. The minimum absolute atomic E-state index is 0.202. The van der Waals surface area contributed by atoms with Gasteiger partial charge in [-0.25, -0.2) is 0 Å². The van der Waals surface area contributed by atoms with Gasteiger partial charge in [0.15, 0.2) is 0 Å². The Bertz CT molecular complexity index is 843. The number of amides is 2. The third-order valence-electron chi connectivity index (χ3n) is 5.90. The highest BCUT2D eigenvalue weighted by molar-refractivity contribution is 9.10. The highest BCUT2D eigenvalue weighted by Gasteiger charge is 2.68. The summed E-state index contributed by atoms with van der Waals surface area (Å²) in [7, 11) is 0. The molecule has 0 spiro atoms. The molecule has 0 saturated carbocycles. The maximum atomic E-state index is 13.1. The summed E-state index contributed by atoms with van der Waals surface area (Å²) < 4.78 is 12.0. The van der Waals surface area contributed by atoms with Crippen molar-refractivity contribution in [1.29, 1.82) is 0 Å². The standard InChI is InChI=1S/C19H21BrN2O5/c1-4-26-17(24)14-12-8-27-13-6-5-10(20)7-11(13)15(12)22-16(23)9(2)21-18(25)19(14,22)3/h5-7,9,12,14-15H,4,8H2,1-3H3,(H,21,25)/t9-,12+,14+,15-,19+/m0/s1. The van der Waals surface area contributed by atoms with E-state index in [4.69, 9.17) is 9.47 Å². The van der Waals surface area contributed by atoms with Gasteiger partial charge in [-0.05, 0) is 39.0 Å². The van der Waals surface area contributed by atoms with Gasteiger partial charge in [0, 0.05) is 16.0 Å². The van der Waals surface area contributed by atoms with Gasteiger partial charge in [0.25, 0.3) is 0 Å². The van der Waals surface area contributed by atoms with Gasteiger partial charge in [-0.3, -0.25) is 14.4 Å². The number of halogens is 1. The Kier molecular flexibility index (Phi) is 4.21. The molecule has 3 heterocycles. The van der Waals surface area contributed by atoms with Gasteiger partial charge in [0.1, 0.15) is 17.3 Å². The number of hydrogen-bond acceptors (Lipinski definition) is 5. The highest BCUT2D eigenvalue weighted by Crippen LogP contribution is 2.56. The second kappa shape index (κ2) is 6.22. The van der Waals surface area contributed by atoms with Crippen LogP contribution in [0.5, 0.6) is 5.75 Å². The summed E-state index contributed by atoms with van der Waals surface area (Å²) in [4.78, 5) is 40.6. The van der Waals surface area contributed by atoms with Crippen LogP contribution in [0, 0.1) is 11.8 Å². The van der Waals surface area contributed by atoms with E-state index in [1.165, 1.54) is 0 Å². The average Bonchev–Trinajstić information content (AvgIpc) is 2.90. The molecule has 0 aromatic heterocycles. The van der Waals surface area contributed by atoms with E-state index in [1.54, 1.807) is 25.7 Å². The van der Waals surface area contributed by atoms with Crippen LogP contribution in [0.3, 0.4) is 0 Å². The maximum Gasteiger partial charge on any atom is 0.312 e. The van der Waals surface area contributed by atoms with Crippen molar-refractivity contribution >= 4 is 33.7 Å². The highest BCUT2D eigenvalue weighted by atomic mass is 79.9. The smallest absolute Gasteiger partial charge is 0.312 e. The zero-order chi connectivity index (χ0) is 19.5. The maximum absolute atomic E-state index is 13.1. The summed E-state index contributed by atoms with van der Waals surface area (Å²) in [6.45, 7) is 5.49. The van der Waals surface area contributed by atoms with Gasteiger partial charge in [-0.1, -0.05) is 15.9 Å². The Labute approximate surface area is 165 Å². The lowest BCUT2D eigenvalue weighted by Gasteiger charge is -2.45. The van der Waals surface area contributed by atoms with E-state index in [0.29, 0.717) is 5.75 Å². The quantitative estimate of drug-likeness (QED) is 0.714. The van der Waals surface area contributed by atoms with E-state index < -0.39 is 29.5 Å². The minimum Gasteiger partial charge on any atom is -0.493 e. The third kappa shape index (κ3) is 2.42. The minimum atomic E-state index is -1.32. The lowest BCUT2D eigenvalue weighted by atomic mass is 9.77. The van der Waals surface area contributed by atoms with Crippen LogP contribution in [0.25, 0.3) is 0 Å². The Morgan fingerprint density at radius 3 is 2.89 bits per heavy atom. The van der Waals surface area contributed by atoms with Crippen molar-refractivity contribution in [3.8, 4) is 5.75 Å². The Hall–Kier alpha value is -2.09. The Morgan fingerprint density at radius 2 is 2.19 bits per heavy atom. The topological polar surface area (TPSA) is 84.9 Å². The molecule has 3 aliphatic heterocycles. The summed E-state index contributed by atoms with van der Waals surface area (Å²) in [5, 5.41) is 2.72. The van der Waals surface area contributed by atoms with E-state index in [0.717, 1.165) is 10.0 Å². The molecule has 8 heteroatoms. The van der Waals surface area contributed by atoms with Crippen LogP contribution in [0.1, 0.15) is 32.4 Å². The fourth-order valence-corrected chi connectivity index (χ4v) is 5.10. The molecule has 2 amide bonds. The van der Waals surface area contributed by atoms with E-state index in [1.807, 2.05) is 18.2 Å². The number of carbonyl (C=O) groups is 3. The number of benzene rings is 1. The average molecular weight is 437 g/mol. The number of hydrogen-bond donors (Lipinski definition) is 1. The Morgan fingerprint density at radius 1 is 1.44 bits per heavy atom. The molecule has 0 unspecified atom stereocenters. The molecule has 3 aliphatic rings. The molecule has 4 rings (SSSR count). The number of esters is 1. The van der Waals surface area contributed by atoms with Crippen molar-refractivity contribution in [3.63, 3.8) is 0 Å². The molecule has 27 heavy (non-hydrogen) atoms. The normalized spacial score (nSPS) is 34.1. The first kappa shape index (κ1) is 18.3. The molecular weight excluding hydrogens is 416 g/mol. The van der Waals surface area contributed by atoms with Crippen LogP contribution in [-0.4, -0.2) is 47.5 Å². The van der Waals surface area contributed by atoms with Crippen molar-refractivity contribution in [2.75, 3.05) is 13.2 Å². The number of fused-ring (bicyclic) bond motifs is 5. The van der Waals surface area contributed by atoms with E-state index in [9.17, 15) is 14.4 Å². The Balaban J connectivity index is 1.92. The van der Waals surface area contributed by atoms with Gasteiger partial charge in [0.05, 0.1) is 25.2 Å². The molecule has 1 aromatic rings. The second-order valence-electron chi connectivity index (χ2n) is 7.38. The van der Waals surface area contributed by atoms with Crippen LogP contribution in [0.4, 0.5) is 0 Å². The van der Waals surface area contributed by atoms with Crippen LogP contribution in [-0.2, 0) is 19.1 Å².